The van der Waals surface area contributed by atoms with Crippen LogP contribution in [0.3, 0.4) is 0 Å². The van der Waals surface area contributed by atoms with Crippen molar-refractivity contribution in [3.8, 4) is 11.5 Å². The normalized spacial score (nSPS) is 18.1. The molecular formula is C16H24N2O3. The van der Waals surface area contributed by atoms with Gasteiger partial charge in [0.2, 0.25) is 5.91 Å². The van der Waals surface area contributed by atoms with Gasteiger partial charge in [0, 0.05) is 18.3 Å². The van der Waals surface area contributed by atoms with Crippen LogP contribution in [0.2, 0.25) is 0 Å². The third-order valence-electron chi connectivity index (χ3n) is 3.48. The molecule has 1 aliphatic rings. The van der Waals surface area contributed by atoms with Crippen LogP contribution in [0.15, 0.2) is 18.2 Å². The van der Waals surface area contributed by atoms with Crippen LogP contribution >= 0.6 is 0 Å². The highest BCUT2D eigenvalue weighted by atomic mass is 16.5. The van der Waals surface area contributed by atoms with E-state index in [4.69, 9.17) is 9.47 Å². The molecule has 21 heavy (non-hydrogen) atoms. The van der Waals surface area contributed by atoms with Gasteiger partial charge in [-0.3, -0.25) is 4.79 Å². The molecule has 2 rings (SSSR count). The molecule has 116 valence electrons. The Hall–Kier alpha value is -1.75. The van der Waals surface area contributed by atoms with Crippen LogP contribution < -0.4 is 20.1 Å². The molecule has 1 atom stereocenters. The van der Waals surface area contributed by atoms with Gasteiger partial charge in [-0.2, -0.15) is 0 Å². The van der Waals surface area contributed by atoms with Gasteiger partial charge in [-0.25, -0.2) is 0 Å². The second-order valence-corrected chi connectivity index (χ2v) is 5.06. The third kappa shape index (κ3) is 4.36. The molecule has 1 heterocycles. The van der Waals surface area contributed by atoms with E-state index < -0.39 is 0 Å². The summed E-state index contributed by atoms with van der Waals surface area (Å²) in [5, 5.41) is 6.22. The summed E-state index contributed by atoms with van der Waals surface area (Å²) in [6, 6.07) is 5.51. The predicted octanol–water partition coefficient (Wildman–Crippen LogP) is 2.42. The van der Waals surface area contributed by atoms with Crippen molar-refractivity contribution in [2.75, 3.05) is 31.6 Å². The van der Waals surface area contributed by atoms with Gasteiger partial charge in [0.05, 0.1) is 19.1 Å². The molecular weight excluding hydrogens is 268 g/mol. The van der Waals surface area contributed by atoms with Gasteiger partial charge in [-0.15, -0.1) is 0 Å². The van der Waals surface area contributed by atoms with Crippen molar-refractivity contribution in [3.05, 3.63) is 18.2 Å². The van der Waals surface area contributed by atoms with Crippen LogP contribution in [0, 0.1) is 5.92 Å². The topological polar surface area (TPSA) is 59.6 Å². The molecule has 1 aromatic carbocycles. The quantitative estimate of drug-likeness (QED) is 0.845. The predicted molar refractivity (Wildman–Crippen MR) is 83.0 cm³/mol. The van der Waals surface area contributed by atoms with E-state index in [2.05, 4.69) is 10.6 Å². The largest absolute Gasteiger partial charge is 0.490 e. The van der Waals surface area contributed by atoms with Crippen molar-refractivity contribution in [2.45, 2.75) is 26.7 Å². The molecule has 0 saturated carbocycles. The lowest BCUT2D eigenvalue weighted by Crippen LogP contribution is -2.37. The fourth-order valence-corrected chi connectivity index (χ4v) is 2.45. The van der Waals surface area contributed by atoms with Crippen molar-refractivity contribution in [2.24, 2.45) is 5.92 Å². The Labute approximate surface area is 126 Å². The minimum atomic E-state index is 0.0425. The zero-order valence-electron chi connectivity index (χ0n) is 12.8. The lowest BCUT2D eigenvalue weighted by atomic mass is 9.99. The maximum atomic E-state index is 12.2. The van der Waals surface area contributed by atoms with E-state index in [9.17, 15) is 4.79 Å². The summed E-state index contributed by atoms with van der Waals surface area (Å²) < 4.78 is 11.1. The fourth-order valence-electron chi connectivity index (χ4n) is 2.45. The summed E-state index contributed by atoms with van der Waals surface area (Å²) in [5.41, 5.74) is 0.748. The number of rotatable bonds is 6. The first kappa shape index (κ1) is 15.6. The minimum Gasteiger partial charge on any atom is -0.490 e. The number of carbonyl (C=O) groups is 1. The van der Waals surface area contributed by atoms with Gasteiger partial charge < -0.3 is 20.1 Å². The Balaban J connectivity index is 2.05. The third-order valence-corrected chi connectivity index (χ3v) is 3.48. The van der Waals surface area contributed by atoms with Crippen molar-refractivity contribution < 1.29 is 14.3 Å². The van der Waals surface area contributed by atoms with Crippen molar-refractivity contribution in [3.63, 3.8) is 0 Å². The molecule has 1 aromatic rings. The minimum absolute atomic E-state index is 0.0425. The zero-order valence-corrected chi connectivity index (χ0v) is 12.8. The Kier molecular flexibility index (Phi) is 5.87. The summed E-state index contributed by atoms with van der Waals surface area (Å²) in [6.45, 7) is 6.75. The summed E-state index contributed by atoms with van der Waals surface area (Å²) >= 11 is 0. The van der Waals surface area contributed by atoms with Gasteiger partial charge in [-0.05, 0) is 45.4 Å². The maximum absolute atomic E-state index is 12.2. The number of nitrogens with one attached hydrogen (secondary N) is 2. The van der Waals surface area contributed by atoms with E-state index in [0.717, 1.165) is 31.6 Å². The standard InChI is InChI=1S/C16H24N2O3/c1-3-20-14-8-7-13(10-15(14)21-4-2)18-16(19)12-6-5-9-17-11-12/h7-8,10,12,17H,3-6,9,11H2,1-2H3,(H,18,19)/t12-/m0/s1. The van der Waals surface area contributed by atoms with Crippen LogP contribution in [0.25, 0.3) is 0 Å². The average Bonchev–Trinajstić information content (AvgIpc) is 2.51. The smallest absolute Gasteiger partial charge is 0.228 e. The van der Waals surface area contributed by atoms with Crippen LogP contribution in [0.5, 0.6) is 11.5 Å². The second kappa shape index (κ2) is 7.88. The molecule has 0 aromatic heterocycles. The first-order chi connectivity index (χ1) is 10.2. The number of hydrogen-bond donors (Lipinski definition) is 2. The monoisotopic (exact) mass is 292 g/mol. The lowest BCUT2D eigenvalue weighted by Gasteiger charge is -2.22. The van der Waals surface area contributed by atoms with Crippen molar-refractivity contribution in [1.82, 2.24) is 5.32 Å². The highest BCUT2D eigenvalue weighted by Crippen LogP contribution is 2.31. The maximum Gasteiger partial charge on any atom is 0.228 e. The van der Waals surface area contributed by atoms with Crippen LogP contribution in [-0.2, 0) is 4.79 Å². The number of hydrogen-bond acceptors (Lipinski definition) is 4. The average molecular weight is 292 g/mol. The summed E-state index contributed by atoms with van der Waals surface area (Å²) in [5.74, 6) is 1.48. The van der Waals surface area contributed by atoms with Gasteiger partial charge >= 0.3 is 0 Å². The molecule has 0 aliphatic carbocycles. The first-order valence-corrected chi connectivity index (χ1v) is 7.65. The lowest BCUT2D eigenvalue weighted by molar-refractivity contribution is -0.120. The van der Waals surface area contributed by atoms with E-state index in [1.807, 2.05) is 32.0 Å². The molecule has 5 nitrogen and oxygen atoms in total. The van der Waals surface area contributed by atoms with Crippen molar-refractivity contribution in [1.29, 1.82) is 0 Å². The molecule has 0 bridgehead atoms. The molecule has 1 saturated heterocycles. The molecule has 0 unspecified atom stereocenters. The number of amides is 1. The SMILES string of the molecule is CCOc1ccc(NC(=O)[C@H]2CCCNC2)cc1OCC. The number of carbonyl (C=O) groups excluding carboxylic acids is 1. The number of anilines is 1. The molecule has 1 aliphatic heterocycles. The first-order valence-electron chi connectivity index (χ1n) is 7.65. The van der Waals surface area contributed by atoms with Crippen LogP contribution in [-0.4, -0.2) is 32.2 Å². The number of piperidine rings is 1. The summed E-state index contributed by atoms with van der Waals surface area (Å²) in [7, 11) is 0. The molecule has 0 radical (unpaired) electrons. The number of benzene rings is 1. The highest BCUT2D eigenvalue weighted by molar-refractivity contribution is 5.93. The van der Waals surface area contributed by atoms with Gasteiger partial charge in [0.1, 0.15) is 0 Å². The number of ether oxygens (including phenoxy) is 2. The molecule has 5 heteroatoms. The molecule has 2 N–H and O–H groups in total. The Morgan fingerprint density at radius 3 is 2.71 bits per heavy atom. The summed E-state index contributed by atoms with van der Waals surface area (Å²) in [6.07, 6.45) is 1.99. The van der Waals surface area contributed by atoms with E-state index in [0.29, 0.717) is 24.7 Å². The fraction of sp³-hybridized carbons (Fsp3) is 0.562. The van der Waals surface area contributed by atoms with Crippen LogP contribution in [0.1, 0.15) is 26.7 Å². The van der Waals surface area contributed by atoms with E-state index in [1.54, 1.807) is 0 Å². The summed E-state index contributed by atoms with van der Waals surface area (Å²) in [4.78, 5) is 12.2. The molecule has 1 amide bonds. The Bertz CT molecular complexity index is 471. The molecule has 0 spiro atoms. The van der Waals surface area contributed by atoms with Crippen molar-refractivity contribution >= 4 is 11.6 Å². The second-order valence-electron chi connectivity index (χ2n) is 5.06. The zero-order chi connectivity index (χ0) is 15.1. The van der Waals surface area contributed by atoms with Crippen LogP contribution in [0.4, 0.5) is 5.69 Å². The van der Waals surface area contributed by atoms with E-state index >= 15 is 0 Å². The van der Waals surface area contributed by atoms with Gasteiger partial charge in [-0.1, -0.05) is 0 Å². The molecule has 1 fully saturated rings. The highest BCUT2D eigenvalue weighted by Gasteiger charge is 2.21. The van der Waals surface area contributed by atoms with Gasteiger partial charge in [0.15, 0.2) is 11.5 Å². The van der Waals surface area contributed by atoms with Gasteiger partial charge in [0.25, 0.3) is 0 Å². The van der Waals surface area contributed by atoms with E-state index in [-0.39, 0.29) is 11.8 Å². The van der Waals surface area contributed by atoms with E-state index in [1.165, 1.54) is 0 Å². The Morgan fingerprint density at radius 2 is 2.05 bits per heavy atom. The Morgan fingerprint density at radius 1 is 1.29 bits per heavy atom.